The number of hydrogen-bond acceptors (Lipinski definition) is 1. The molecule has 0 aromatic rings. The smallest absolute Gasteiger partial charge is 0.0739 e. The summed E-state index contributed by atoms with van der Waals surface area (Å²) >= 11 is 0. The SMILES string of the molecule is [B]C(C)(C)CC(C)(C)S(C)(C)CN. The molecule has 0 bridgehead atoms. The second-order valence-corrected chi connectivity index (χ2v) is 10.1. The monoisotopic (exact) mass is 201 g/mol. The second kappa shape index (κ2) is 3.86. The maximum atomic E-state index is 6.05. The van der Waals surface area contributed by atoms with E-state index >= 15 is 0 Å². The van der Waals surface area contributed by atoms with Gasteiger partial charge in [-0.2, -0.15) is 0 Å². The molecule has 0 unspecified atom stereocenters. The van der Waals surface area contributed by atoms with Gasteiger partial charge in [-0.15, -0.1) is 0 Å². The molecule has 0 atom stereocenters. The molecule has 0 heterocycles. The van der Waals surface area contributed by atoms with E-state index in [0.717, 1.165) is 12.3 Å². The van der Waals surface area contributed by atoms with Gasteiger partial charge >= 0.3 is 0 Å². The van der Waals surface area contributed by atoms with Gasteiger partial charge < -0.3 is 5.73 Å². The van der Waals surface area contributed by atoms with Crippen LogP contribution in [0.15, 0.2) is 0 Å². The summed E-state index contributed by atoms with van der Waals surface area (Å²) < 4.78 is 0.264. The molecule has 0 saturated carbocycles. The Morgan fingerprint density at radius 1 is 1.15 bits per heavy atom. The molecule has 1 nitrogen and oxygen atoms in total. The van der Waals surface area contributed by atoms with E-state index in [-0.39, 0.29) is 10.1 Å². The van der Waals surface area contributed by atoms with Crippen molar-refractivity contribution in [3.8, 4) is 0 Å². The zero-order valence-electron chi connectivity index (χ0n) is 9.98. The Balaban J connectivity index is 4.58. The van der Waals surface area contributed by atoms with Gasteiger partial charge in [0, 0.05) is 5.88 Å². The molecule has 0 amide bonds. The van der Waals surface area contributed by atoms with Crippen molar-refractivity contribution in [1.82, 2.24) is 0 Å². The average Bonchev–Trinajstić information content (AvgIpc) is 1.81. The van der Waals surface area contributed by atoms with Crippen LogP contribution in [0.3, 0.4) is 0 Å². The van der Waals surface area contributed by atoms with Crippen LogP contribution < -0.4 is 5.73 Å². The summed E-state index contributed by atoms with van der Waals surface area (Å²) in [5.41, 5.74) is 5.81. The molecule has 0 aromatic heterocycles. The van der Waals surface area contributed by atoms with Crippen LogP contribution in [0.1, 0.15) is 34.1 Å². The molecule has 0 aliphatic heterocycles. The lowest BCUT2D eigenvalue weighted by Gasteiger charge is -2.49. The highest BCUT2D eigenvalue weighted by Gasteiger charge is 2.34. The molecule has 0 aliphatic rings. The maximum absolute atomic E-state index is 6.05. The minimum Gasteiger partial charge on any atom is -0.323 e. The first-order valence-corrected chi connectivity index (χ1v) is 7.33. The van der Waals surface area contributed by atoms with E-state index < -0.39 is 10.0 Å². The van der Waals surface area contributed by atoms with Crippen LogP contribution in [-0.4, -0.2) is 31.0 Å². The number of rotatable bonds is 4. The fraction of sp³-hybridized carbons (Fsp3) is 1.00. The lowest BCUT2D eigenvalue weighted by Crippen LogP contribution is -2.34. The average molecular weight is 201 g/mol. The van der Waals surface area contributed by atoms with E-state index in [1.807, 2.05) is 0 Å². The Morgan fingerprint density at radius 3 is 1.77 bits per heavy atom. The maximum Gasteiger partial charge on any atom is 0.0739 e. The minimum atomic E-state index is -0.733. The Morgan fingerprint density at radius 2 is 1.54 bits per heavy atom. The van der Waals surface area contributed by atoms with Crippen LogP contribution in [0.4, 0.5) is 0 Å². The Kier molecular flexibility index (Phi) is 3.97. The van der Waals surface area contributed by atoms with E-state index in [1.165, 1.54) is 0 Å². The third-order valence-electron chi connectivity index (χ3n) is 2.79. The quantitative estimate of drug-likeness (QED) is 0.695. The Hall–Kier alpha value is 0.375. The largest absolute Gasteiger partial charge is 0.323 e. The highest BCUT2D eigenvalue weighted by atomic mass is 32.3. The zero-order valence-corrected chi connectivity index (χ0v) is 10.8. The van der Waals surface area contributed by atoms with E-state index in [9.17, 15) is 0 Å². The van der Waals surface area contributed by atoms with Gasteiger partial charge in [0.1, 0.15) is 0 Å². The van der Waals surface area contributed by atoms with E-state index in [2.05, 4.69) is 40.2 Å². The normalized spacial score (nSPS) is 15.9. The lowest BCUT2D eigenvalue weighted by atomic mass is 9.67. The van der Waals surface area contributed by atoms with Crippen molar-refractivity contribution in [2.24, 2.45) is 5.73 Å². The van der Waals surface area contributed by atoms with Crippen LogP contribution in [0, 0.1) is 0 Å². The van der Waals surface area contributed by atoms with E-state index in [1.54, 1.807) is 0 Å². The van der Waals surface area contributed by atoms with Gasteiger partial charge in [0.05, 0.1) is 7.85 Å². The first-order chi connectivity index (χ1) is 5.52. The third-order valence-corrected chi connectivity index (χ3v) is 6.76. The molecule has 0 aliphatic carbocycles. The van der Waals surface area contributed by atoms with Crippen molar-refractivity contribution >= 4 is 17.9 Å². The van der Waals surface area contributed by atoms with Crippen molar-refractivity contribution in [2.45, 2.75) is 44.2 Å². The molecular formula is C10H24BNS. The fourth-order valence-corrected chi connectivity index (χ4v) is 2.73. The van der Waals surface area contributed by atoms with Gasteiger partial charge in [-0.3, -0.25) is 0 Å². The van der Waals surface area contributed by atoms with Gasteiger partial charge in [-0.25, -0.2) is 10.0 Å². The first kappa shape index (κ1) is 13.4. The van der Waals surface area contributed by atoms with Gasteiger partial charge in [0.25, 0.3) is 0 Å². The van der Waals surface area contributed by atoms with Crippen LogP contribution >= 0.6 is 10.0 Å². The molecular weight excluding hydrogens is 177 g/mol. The van der Waals surface area contributed by atoms with Gasteiger partial charge in [-0.1, -0.05) is 33.0 Å². The predicted molar refractivity (Wildman–Crippen MR) is 67.0 cm³/mol. The van der Waals surface area contributed by atoms with Crippen LogP contribution in [-0.2, 0) is 0 Å². The zero-order chi connectivity index (χ0) is 10.9. The molecule has 13 heavy (non-hydrogen) atoms. The van der Waals surface area contributed by atoms with E-state index in [4.69, 9.17) is 13.6 Å². The predicted octanol–water partition coefficient (Wildman–Crippen LogP) is 2.50. The highest BCUT2D eigenvalue weighted by Crippen LogP contribution is 2.56. The Bertz CT molecular complexity index is 170. The summed E-state index contributed by atoms with van der Waals surface area (Å²) in [5, 5.41) is -0.0943. The van der Waals surface area contributed by atoms with Gasteiger partial charge in [0.15, 0.2) is 0 Å². The molecule has 78 valence electrons. The molecule has 0 spiro atoms. The van der Waals surface area contributed by atoms with E-state index in [0.29, 0.717) is 0 Å². The standard InChI is InChI=1S/C10H24BNS/c1-9(2,11)7-10(3,4)13(5,6)8-12/h7-8,12H2,1-6H3. The number of nitrogens with two attached hydrogens (primary N) is 1. The molecule has 2 N–H and O–H groups in total. The first-order valence-electron chi connectivity index (χ1n) is 4.71. The summed E-state index contributed by atoms with van der Waals surface area (Å²) in [6.07, 6.45) is 5.61. The summed E-state index contributed by atoms with van der Waals surface area (Å²) in [6.45, 7) is 8.73. The summed E-state index contributed by atoms with van der Waals surface area (Å²) in [4.78, 5) is 0. The number of hydrogen-bond donors (Lipinski definition) is 1. The Labute approximate surface area is 86.6 Å². The third kappa shape index (κ3) is 3.95. The molecule has 0 aromatic carbocycles. The van der Waals surface area contributed by atoms with Crippen LogP contribution in [0.2, 0.25) is 5.31 Å². The molecule has 0 fully saturated rings. The van der Waals surface area contributed by atoms with Crippen molar-refractivity contribution < 1.29 is 0 Å². The van der Waals surface area contributed by atoms with Crippen LogP contribution in [0.25, 0.3) is 0 Å². The molecule has 3 heteroatoms. The van der Waals surface area contributed by atoms with Crippen molar-refractivity contribution in [1.29, 1.82) is 0 Å². The fourth-order valence-electron chi connectivity index (χ4n) is 1.52. The molecule has 0 rings (SSSR count). The van der Waals surface area contributed by atoms with Gasteiger partial charge in [0.2, 0.25) is 0 Å². The highest BCUT2D eigenvalue weighted by molar-refractivity contribution is 8.33. The topological polar surface area (TPSA) is 26.0 Å². The second-order valence-electron chi connectivity index (χ2n) is 5.63. The summed E-state index contributed by atoms with van der Waals surface area (Å²) in [7, 11) is 5.31. The van der Waals surface area contributed by atoms with Crippen molar-refractivity contribution in [2.75, 3.05) is 18.4 Å². The molecule has 0 saturated heterocycles. The van der Waals surface area contributed by atoms with Crippen molar-refractivity contribution in [3.63, 3.8) is 0 Å². The summed E-state index contributed by atoms with van der Waals surface area (Å²) in [5.74, 6) is 0.788. The lowest BCUT2D eigenvalue weighted by molar-refractivity contribution is 0.516. The van der Waals surface area contributed by atoms with Gasteiger partial charge in [-0.05, 0) is 23.7 Å². The minimum absolute atomic E-state index is 0.0943. The molecule has 2 radical (unpaired) electrons. The summed E-state index contributed by atoms with van der Waals surface area (Å²) in [6, 6.07) is 0. The van der Waals surface area contributed by atoms with Crippen LogP contribution in [0.5, 0.6) is 0 Å². The van der Waals surface area contributed by atoms with Crippen molar-refractivity contribution in [3.05, 3.63) is 0 Å².